The van der Waals surface area contributed by atoms with Gasteiger partial charge in [0.2, 0.25) is 0 Å². The van der Waals surface area contributed by atoms with Crippen molar-refractivity contribution in [1.82, 2.24) is 15.0 Å². The number of hydrogen-bond donors (Lipinski definition) is 0. The van der Waals surface area contributed by atoms with Gasteiger partial charge in [-0.25, -0.2) is 4.68 Å². The smallest absolute Gasteiger partial charge is 0.113 e. The van der Waals surface area contributed by atoms with Gasteiger partial charge in [0.1, 0.15) is 5.52 Å². The summed E-state index contributed by atoms with van der Waals surface area (Å²) in [6, 6.07) is 37.6. The minimum Gasteiger partial charge on any atom is -0.237 e. The summed E-state index contributed by atoms with van der Waals surface area (Å²) in [5.74, 6) is 0.214. The molecule has 31 heavy (non-hydrogen) atoms. The maximum Gasteiger partial charge on any atom is 0.113 e. The van der Waals surface area contributed by atoms with Crippen molar-refractivity contribution in [2.24, 2.45) is 0 Å². The van der Waals surface area contributed by atoms with Crippen LogP contribution in [-0.2, 0) is 0 Å². The predicted octanol–water partition coefficient (Wildman–Crippen LogP) is 6.90. The predicted molar refractivity (Wildman–Crippen MR) is 126 cm³/mol. The quantitative estimate of drug-likeness (QED) is 0.297. The topological polar surface area (TPSA) is 30.7 Å². The average Bonchev–Trinajstić information content (AvgIpc) is 3.26. The lowest BCUT2D eigenvalue weighted by atomic mass is 9.84. The zero-order valence-electron chi connectivity index (χ0n) is 17.0. The molecule has 152 valence electrons. The summed E-state index contributed by atoms with van der Waals surface area (Å²) >= 11 is 6.20. The van der Waals surface area contributed by atoms with Crippen LogP contribution in [-0.4, -0.2) is 15.0 Å². The Morgan fingerprint density at radius 1 is 0.645 bits per heavy atom. The number of benzene rings is 4. The van der Waals surface area contributed by atoms with Crippen molar-refractivity contribution in [3.63, 3.8) is 0 Å². The molecule has 0 N–H and O–H groups in total. The Hall–Kier alpha value is -3.43. The third-order valence-electron chi connectivity index (χ3n) is 5.79. The van der Waals surface area contributed by atoms with Crippen LogP contribution in [0, 0.1) is 0 Å². The van der Waals surface area contributed by atoms with Gasteiger partial charge in [0.05, 0.1) is 11.6 Å². The van der Waals surface area contributed by atoms with Crippen molar-refractivity contribution in [2.75, 3.05) is 0 Å². The van der Waals surface area contributed by atoms with Gasteiger partial charge in [-0.2, -0.15) is 0 Å². The van der Waals surface area contributed by atoms with Gasteiger partial charge >= 0.3 is 0 Å². The van der Waals surface area contributed by atoms with Crippen molar-refractivity contribution in [1.29, 1.82) is 0 Å². The Morgan fingerprint density at radius 3 is 1.87 bits per heavy atom. The van der Waals surface area contributed by atoms with Gasteiger partial charge in [-0.15, -0.1) is 5.10 Å². The molecule has 3 nitrogen and oxygen atoms in total. The van der Waals surface area contributed by atoms with Gasteiger partial charge in [0.15, 0.2) is 0 Å². The van der Waals surface area contributed by atoms with Gasteiger partial charge in [0, 0.05) is 10.9 Å². The van der Waals surface area contributed by atoms with Crippen LogP contribution in [0.2, 0.25) is 5.02 Å². The Morgan fingerprint density at radius 2 is 1.23 bits per heavy atom. The van der Waals surface area contributed by atoms with Crippen molar-refractivity contribution < 1.29 is 0 Å². The lowest BCUT2D eigenvalue weighted by Crippen LogP contribution is -2.17. The van der Waals surface area contributed by atoms with E-state index in [4.69, 9.17) is 11.6 Å². The van der Waals surface area contributed by atoms with E-state index in [1.54, 1.807) is 0 Å². The zero-order chi connectivity index (χ0) is 21.0. The first-order chi connectivity index (χ1) is 15.3. The largest absolute Gasteiger partial charge is 0.237 e. The maximum absolute atomic E-state index is 6.20. The SMILES string of the molecule is Clc1ccc(C(CC(c2ccccc2)c2ccccc2)n2nnc3ccccc32)cc1. The lowest BCUT2D eigenvalue weighted by Gasteiger charge is -2.25. The molecule has 0 saturated carbocycles. The monoisotopic (exact) mass is 423 g/mol. The Kier molecular flexibility index (Phi) is 5.51. The Balaban J connectivity index is 1.64. The van der Waals surface area contributed by atoms with E-state index in [9.17, 15) is 0 Å². The van der Waals surface area contributed by atoms with E-state index in [0.29, 0.717) is 0 Å². The molecule has 0 aliphatic heterocycles. The normalized spacial score (nSPS) is 12.3. The molecule has 0 fully saturated rings. The van der Waals surface area contributed by atoms with Crippen LogP contribution in [0.4, 0.5) is 0 Å². The summed E-state index contributed by atoms with van der Waals surface area (Å²) < 4.78 is 2.05. The van der Waals surface area contributed by atoms with Crippen molar-refractivity contribution in [3.05, 3.63) is 131 Å². The molecule has 1 atom stereocenters. The maximum atomic E-state index is 6.20. The number of rotatable bonds is 6. The number of aromatic nitrogens is 3. The molecule has 1 heterocycles. The van der Waals surface area contributed by atoms with Gasteiger partial charge < -0.3 is 0 Å². The minimum absolute atomic E-state index is 0.00933. The van der Waals surface area contributed by atoms with E-state index in [0.717, 1.165) is 28.0 Å². The molecule has 0 amide bonds. The fraction of sp³-hybridized carbons (Fsp3) is 0.111. The first-order valence-corrected chi connectivity index (χ1v) is 10.8. The molecule has 0 aliphatic carbocycles. The second-order valence-corrected chi connectivity index (χ2v) is 8.14. The highest BCUT2D eigenvalue weighted by Gasteiger charge is 2.25. The second kappa shape index (κ2) is 8.75. The highest BCUT2D eigenvalue weighted by Crippen LogP contribution is 2.37. The molecule has 4 heteroatoms. The van der Waals surface area contributed by atoms with Crippen LogP contribution < -0.4 is 0 Å². The highest BCUT2D eigenvalue weighted by atomic mass is 35.5. The molecule has 0 aliphatic rings. The van der Waals surface area contributed by atoms with E-state index in [1.165, 1.54) is 11.1 Å². The van der Waals surface area contributed by atoms with Gasteiger partial charge in [-0.3, -0.25) is 0 Å². The van der Waals surface area contributed by atoms with Crippen molar-refractivity contribution in [3.8, 4) is 0 Å². The molecule has 5 rings (SSSR count). The Labute approximate surface area is 186 Å². The molecule has 1 unspecified atom stereocenters. The first kappa shape index (κ1) is 19.5. The molecule has 0 radical (unpaired) electrons. The van der Waals surface area contributed by atoms with E-state index in [1.807, 2.05) is 30.3 Å². The van der Waals surface area contributed by atoms with Crippen LogP contribution in [0.3, 0.4) is 0 Å². The fourth-order valence-electron chi connectivity index (χ4n) is 4.24. The second-order valence-electron chi connectivity index (χ2n) is 7.70. The van der Waals surface area contributed by atoms with Crippen LogP contribution in [0.15, 0.2) is 109 Å². The molecule has 0 bridgehead atoms. The van der Waals surface area contributed by atoms with Crippen molar-refractivity contribution >= 4 is 22.6 Å². The average molecular weight is 424 g/mol. The molecule has 0 spiro atoms. The molecule has 4 aromatic carbocycles. The highest BCUT2D eigenvalue weighted by molar-refractivity contribution is 6.30. The number of para-hydroxylation sites is 1. The minimum atomic E-state index is 0.00933. The summed E-state index contributed by atoms with van der Waals surface area (Å²) in [6.45, 7) is 0. The summed E-state index contributed by atoms with van der Waals surface area (Å²) in [7, 11) is 0. The molecule has 0 saturated heterocycles. The number of fused-ring (bicyclic) bond motifs is 1. The van der Waals surface area contributed by atoms with Gasteiger partial charge in [-0.1, -0.05) is 102 Å². The molecule has 1 aromatic heterocycles. The molecular weight excluding hydrogens is 402 g/mol. The lowest BCUT2D eigenvalue weighted by molar-refractivity contribution is 0.466. The van der Waals surface area contributed by atoms with Gasteiger partial charge in [-0.05, 0) is 47.4 Å². The summed E-state index contributed by atoms with van der Waals surface area (Å²) in [6.07, 6.45) is 0.850. The molecule has 5 aromatic rings. The standard InChI is InChI=1S/C27H22ClN3/c28-23-17-15-22(16-18-23)27(31-26-14-8-7-13-25(26)29-30-31)19-24(20-9-3-1-4-10-20)21-11-5-2-6-12-21/h1-18,24,27H,19H2. The first-order valence-electron chi connectivity index (χ1n) is 10.4. The Bertz CT molecular complexity index is 1220. The van der Waals surface area contributed by atoms with E-state index < -0.39 is 0 Å². The van der Waals surface area contributed by atoms with E-state index in [-0.39, 0.29) is 12.0 Å². The summed E-state index contributed by atoms with van der Waals surface area (Å²) in [5, 5.41) is 9.72. The number of hydrogen-bond acceptors (Lipinski definition) is 2. The van der Waals surface area contributed by atoms with E-state index >= 15 is 0 Å². The summed E-state index contributed by atoms with van der Waals surface area (Å²) in [4.78, 5) is 0. The third-order valence-corrected chi connectivity index (χ3v) is 6.04. The van der Waals surface area contributed by atoms with Crippen LogP contribution >= 0.6 is 11.6 Å². The van der Waals surface area contributed by atoms with Crippen LogP contribution in [0.25, 0.3) is 11.0 Å². The summed E-state index contributed by atoms with van der Waals surface area (Å²) in [5.41, 5.74) is 5.67. The third kappa shape index (κ3) is 4.10. The molecular formula is C27H22ClN3. The van der Waals surface area contributed by atoms with Crippen LogP contribution in [0.1, 0.15) is 35.1 Å². The van der Waals surface area contributed by atoms with E-state index in [2.05, 4.69) is 93.9 Å². The fourth-order valence-corrected chi connectivity index (χ4v) is 4.36. The number of nitrogens with zero attached hydrogens (tertiary/aromatic N) is 3. The van der Waals surface area contributed by atoms with Gasteiger partial charge in [0.25, 0.3) is 0 Å². The van der Waals surface area contributed by atoms with Crippen molar-refractivity contribution in [2.45, 2.75) is 18.4 Å². The zero-order valence-corrected chi connectivity index (χ0v) is 17.7. The number of halogens is 1. The van der Waals surface area contributed by atoms with Crippen LogP contribution in [0.5, 0.6) is 0 Å².